The van der Waals surface area contributed by atoms with Crippen LogP contribution in [-0.2, 0) is 0 Å². The molecule has 1 atom stereocenters. The molecule has 0 radical (unpaired) electrons. The van der Waals surface area contributed by atoms with Gasteiger partial charge in [0, 0.05) is 6.54 Å². The summed E-state index contributed by atoms with van der Waals surface area (Å²) in [6, 6.07) is 0. The highest BCUT2D eigenvalue weighted by atomic mass is 16.3. The minimum absolute atomic E-state index is 0.160. The van der Waals surface area contributed by atoms with Crippen LogP contribution in [0, 0.1) is 5.41 Å². The van der Waals surface area contributed by atoms with Crippen LogP contribution in [0.2, 0.25) is 0 Å². The van der Waals surface area contributed by atoms with E-state index in [1.165, 1.54) is 19.3 Å². The lowest BCUT2D eigenvalue weighted by Crippen LogP contribution is -2.38. The molecule has 0 aliphatic heterocycles. The van der Waals surface area contributed by atoms with Crippen LogP contribution in [-0.4, -0.2) is 24.3 Å². The highest BCUT2D eigenvalue weighted by Gasteiger charge is 2.30. The molecule has 0 aromatic heterocycles. The standard InChI is InChI=1S/C10H21NO/c1-9(12)4-7-11-8-10(2)5-3-6-10/h9,11-12H,3-8H2,1-2H3. The molecule has 1 rings (SSSR count). The first-order chi connectivity index (χ1) is 5.62. The van der Waals surface area contributed by atoms with Crippen LogP contribution in [0.4, 0.5) is 0 Å². The lowest BCUT2D eigenvalue weighted by molar-refractivity contribution is 0.148. The second-order valence-corrected chi connectivity index (χ2v) is 4.48. The maximum Gasteiger partial charge on any atom is 0.0524 e. The van der Waals surface area contributed by atoms with Crippen LogP contribution in [0.5, 0.6) is 0 Å². The first-order valence-electron chi connectivity index (χ1n) is 5.01. The number of nitrogens with one attached hydrogen (secondary N) is 1. The fraction of sp³-hybridized carbons (Fsp3) is 1.00. The van der Waals surface area contributed by atoms with Crippen molar-refractivity contribution in [3.63, 3.8) is 0 Å². The molecule has 0 heterocycles. The van der Waals surface area contributed by atoms with Gasteiger partial charge in [0.25, 0.3) is 0 Å². The van der Waals surface area contributed by atoms with Crippen molar-refractivity contribution in [2.24, 2.45) is 5.41 Å². The number of hydrogen-bond acceptors (Lipinski definition) is 2. The van der Waals surface area contributed by atoms with Crippen molar-refractivity contribution in [1.29, 1.82) is 0 Å². The van der Waals surface area contributed by atoms with Crippen molar-refractivity contribution in [3.8, 4) is 0 Å². The summed E-state index contributed by atoms with van der Waals surface area (Å²) in [6.07, 6.45) is 4.85. The van der Waals surface area contributed by atoms with E-state index in [4.69, 9.17) is 5.11 Å². The van der Waals surface area contributed by atoms with Gasteiger partial charge >= 0.3 is 0 Å². The monoisotopic (exact) mass is 171 g/mol. The Labute approximate surface area is 75.4 Å². The third-order valence-electron chi connectivity index (χ3n) is 2.85. The van der Waals surface area contributed by atoms with Crippen LogP contribution in [0.25, 0.3) is 0 Å². The predicted octanol–water partition coefficient (Wildman–Crippen LogP) is 1.54. The van der Waals surface area contributed by atoms with E-state index in [1.54, 1.807) is 0 Å². The zero-order valence-electron chi connectivity index (χ0n) is 8.27. The molecule has 1 aliphatic rings. The maximum absolute atomic E-state index is 9.01. The smallest absolute Gasteiger partial charge is 0.0524 e. The Morgan fingerprint density at radius 3 is 2.58 bits per heavy atom. The predicted molar refractivity (Wildman–Crippen MR) is 51.1 cm³/mol. The largest absolute Gasteiger partial charge is 0.393 e. The third kappa shape index (κ3) is 3.11. The Balaban J connectivity index is 1.95. The van der Waals surface area contributed by atoms with Crippen molar-refractivity contribution < 1.29 is 5.11 Å². The first kappa shape index (κ1) is 10.0. The van der Waals surface area contributed by atoms with E-state index in [2.05, 4.69) is 12.2 Å². The molecule has 12 heavy (non-hydrogen) atoms. The zero-order valence-corrected chi connectivity index (χ0v) is 8.27. The molecule has 0 saturated heterocycles. The fourth-order valence-electron chi connectivity index (χ4n) is 1.66. The molecule has 0 amide bonds. The van der Waals surface area contributed by atoms with Gasteiger partial charge in [-0.3, -0.25) is 0 Å². The Morgan fingerprint density at radius 2 is 2.17 bits per heavy atom. The second-order valence-electron chi connectivity index (χ2n) is 4.48. The number of aliphatic hydroxyl groups is 1. The summed E-state index contributed by atoms with van der Waals surface area (Å²) in [5, 5.41) is 12.4. The molecule has 0 spiro atoms. The van der Waals surface area contributed by atoms with E-state index in [-0.39, 0.29) is 6.10 Å². The zero-order chi connectivity index (χ0) is 9.03. The Hall–Kier alpha value is -0.0800. The van der Waals surface area contributed by atoms with Gasteiger partial charge in [-0.1, -0.05) is 13.3 Å². The first-order valence-corrected chi connectivity index (χ1v) is 5.01. The van der Waals surface area contributed by atoms with Crippen LogP contribution in [0.1, 0.15) is 39.5 Å². The van der Waals surface area contributed by atoms with Crippen molar-refractivity contribution >= 4 is 0 Å². The summed E-state index contributed by atoms with van der Waals surface area (Å²) in [6.45, 7) is 6.26. The van der Waals surface area contributed by atoms with Crippen molar-refractivity contribution in [1.82, 2.24) is 5.32 Å². The normalized spacial score (nSPS) is 23.2. The van der Waals surface area contributed by atoms with E-state index in [0.29, 0.717) is 5.41 Å². The molecule has 1 unspecified atom stereocenters. The SMILES string of the molecule is CC(O)CCNCC1(C)CCC1. The third-order valence-corrected chi connectivity index (χ3v) is 2.85. The van der Waals surface area contributed by atoms with Crippen molar-refractivity contribution in [2.75, 3.05) is 13.1 Å². The molecule has 2 N–H and O–H groups in total. The Bertz CT molecular complexity index is 130. The van der Waals surface area contributed by atoms with Crippen LogP contribution < -0.4 is 5.32 Å². The average Bonchev–Trinajstić information content (AvgIpc) is 1.94. The second kappa shape index (κ2) is 4.24. The summed E-state index contributed by atoms with van der Waals surface area (Å²) in [4.78, 5) is 0. The van der Waals surface area contributed by atoms with Gasteiger partial charge in [0.1, 0.15) is 0 Å². The van der Waals surface area contributed by atoms with E-state index in [1.807, 2.05) is 6.92 Å². The quantitative estimate of drug-likeness (QED) is 0.615. The molecule has 1 saturated carbocycles. The van der Waals surface area contributed by atoms with Gasteiger partial charge in [0.2, 0.25) is 0 Å². The summed E-state index contributed by atoms with van der Waals surface area (Å²) in [5.74, 6) is 0. The topological polar surface area (TPSA) is 32.3 Å². The lowest BCUT2D eigenvalue weighted by atomic mass is 9.70. The molecule has 72 valence electrons. The molecule has 1 fully saturated rings. The van der Waals surface area contributed by atoms with E-state index in [0.717, 1.165) is 19.5 Å². The van der Waals surface area contributed by atoms with Gasteiger partial charge < -0.3 is 10.4 Å². The van der Waals surface area contributed by atoms with Gasteiger partial charge in [0.05, 0.1) is 6.10 Å². The van der Waals surface area contributed by atoms with Crippen LogP contribution in [0.3, 0.4) is 0 Å². The van der Waals surface area contributed by atoms with Crippen LogP contribution >= 0.6 is 0 Å². The van der Waals surface area contributed by atoms with E-state index in [9.17, 15) is 0 Å². The molecular formula is C10H21NO. The maximum atomic E-state index is 9.01. The summed E-state index contributed by atoms with van der Waals surface area (Å²) >= 11 is 0. The van der Waals surface area contributed by atoms with Gasteiger partial charge in [0.15, 0.2) is 0 Å². The minimum atomic E-state index is -0.160. The Morgan fingerprint density at radius 1 is 1.50 bits per heavy atom. The highest BCUT2D eigenvalue weighted by molar-refractivity contribution is 4.85. The van der Waals surface area contributed by atoms with Gasteiger partial charge in [-0.2, -0.15) is 0 Å². The number of hydrogen-bond donors (Lipinski definition) is 2. The van der Waals surface area contributed by atoms with Crippen molar-refractivity contribution in [2.45, 2.75) is 45.6 Å². The molecular weight excluding hydrogens is 150 g/mol. The molecule has 0 bridgehead atoms. The van der Waals surface area contributed by atoms with Gasteiger partial charge in [-0.05, 0) is 38.1 Å². The highest BCUT2D eigenvalue weighted by Crippen LogP contribution is 2.39. The van der Waals surface area contributed by atoms with E-state index < -0.39 is 0 Å². The fourth-order valence-corrected chi connectivity index (χ4v) is 1.66. The number of rotatable bonds is 5. The molecule has 0 aromatic rings. The summed E-state index contributed by atoms with van der Waals surface area (Å²) < 4.78 is 0. The minimum Gasteiger partial charge on any atom is -0.393 e. The average molecular weight is 171 g/mol. The summed E-state index contributed by atoms with van der Waals surface area (Å²) in [5.41, 5.74) is 0.568. The molecule has 1 aliphatic carbocycles. The van der Waals surface area contributed by atoms with Crippen LogP contribution in [0.15, 0.2) is 0 Å². The van der Waals surface area contributed by atoms with Gasteiger partial charge in [-0.15, -0.1) is 0 Å². The van der Waals surface area contributed by atoms with E-state index >= 15 is 0 Å². The Kier molecular flexibility index (Phi) is 3.53. The molecule has 2 heteroatoms. The van der Waals surface area contributed by atoms with Gasteiger partial charge in [-0.25, -0.2) is 0 Å². The summed E-state index contributed by atoms with van der Waals surface area (Å²) in [7, 11) is 0. The lowest BCUT2D eigenvalue weighted by Gasteiger charge is -2.38. The number of aliphatic hydroxyl groups excluding tert-OH is 1. The molecule has 2 nitrogen and oxygen atoms in total. The van der Waals surface area contributed by atoms with Crippen molar-refractivity contribution in [3.05, 3.63) is 0 Å². The molecule has 0 aromatic carbocycles.